The fourth-order valence-electron chi connectivity index (χ4n) is 2.62. The lowest BCUT2D eigenvalue weighted by Gasteiger charge is -2.10. The van der Waals surface area contributed by atoms with Crippen molar-refractivity contribution in [3.05, 3.63) is 35.5 Å². The molecular weight excluding hydrogens is 260 g/mol. The minimum atomic E-state index is 0.695. The van der Waals surface area contributed by atoms with Gasteiger partial charge >= 0.3 is 0 Å². The van der Waals surface area contributed by atoms with E-state index in [1.54, 1.807) is 0 Å². The van der Waals surface area contributed by atoms with E-state index in [-0.39, 0.29) is 0 Å². The average molecular weight is 279 g/mol. The van der Waals surface area contributed by atoms with Crippen molar-refractivity contribution in [2.24, 2.45) is 5.92 Å². The highest BCUT2D eigenvalue weighted by Gasteiger charge is 2.14. The van der Waals surface area contributed by atoms with Gasteiger partial charge in [-0.3, -0.25) is 0 Å². The molecule has 3 rings (SSSR count). The minimum Gasteiger partial charge on any atom is -0.381 e. The molecule has 1 aromatic carbocycles. The molecule has 2 aromatic rings. The zero-order chi connectivity index (χ0) is 13.1. The van der Waals surface area contributed by atoms with Gasteiger partial charge in [0, 0.05) is 48.4 Å². The third kappa shape index (κ3) is 3.11. The van der Waals surface area contributed by atoms with Crippen molar-refractivity contribution in [2.75, 3.05) is 26.3 Å². The van der Waals surface area contributed by atoms with E-state index in [9.17, 15) is 0 Å². The predicted molar refractivity (Wildman–Crippen MR) is 78.7 cm³/mol. The van der Waals surface area contributed by atoms with Crippen LogP contribution in [0.1, 0.15) is 6.42 Å². The fraction of sp³-hybridized carbons (Fsp3) is 0.467. The molecule has 0 aliphatic carbocycles. The van der Waals surface area contributed by atoms with Crippen LogP contribution in [-0.4, -0.2) is 30.9 Å². The first-order chi connectivity index (χ1) is 9.33. The molecule has 102 valence electrons. The van der Waals surface area contributed by atoms with Crippen LogP contribution in [0.15, 0.2) is 30.5 Å². The Morgan fingerprint density at radius 1 is 1.37 bits per heavy atom. The minimum absolute atomic E-state index is 0.695. The molecule has 0 amide bonds. The molecule has 1 unspecified atom stereocenters. The monoisotopic (exact) mass is 278 g/mol. The van der Waals surface area contributed by atoms with E-state index < -0.39 is 0 Å². The number of ether oxygens (including phenoxy) is 1. The van der Waals surface area contributed by atoms with Gasteiger partial charge < -0.3 is 14.6 Å². The maximum Gasteiger partial charge on any atom is 0.0507 e. The quantitative estimate of drug-likeness (QED) is 0.851. The Balaban J connectivity index is 1.53. The largest absolute Gasteiger partial charge is 0.381 e. The molecule has 0 bridgehead atoms. The summed E-state index contributed by atoms with van der Waals surface area (Å²) in [5.41, 5.74) is 1.25. The lowest BCUT2D eigenvalue weighted by molar-refractivity contribution is 0.185. The Morgan fingerprint density at radius 3 is 3.16 bits per heavy atom. The van der Waals surface area contributed by atoms with Gasteiger partial charge in [-0.05, 0) is 36.6 Å². The summed E-state index contributed by atoms with van der Waals surface area (Å²) in [6, 6.07) is 8.16. The van der Waals surface area contributed by atoms with Crippen molar-refractivity contribution >= 4 is 22.5 Å². The second kappa shape index (κ2) is 5.95. The molecule has 0 radical (unpaired) electrons. The van der Waals surface area contributed by atoms with Crippen LogP contribution in [0.3, 0.4) is 0 Å². The van der Waals surface area contributed by atoms with Crippen LogP contribution in [0.25, 0.3) is 10.9 Å². The average Bonchev–Trinajstić information content (AvgIpc) is 3.03. The van der Waals surface area contributed by atoms with Crippen LogP contribution in [0, 0.1) is 5.92 Å². The van der Waals surface area contributed by atoms with Gasteiger partial charge in [0.2, 0.25) is 0 Å². The molecule has 1 atom stereocenters. The number of halogens is 1. The van der Waals surface area contributed by atoms with Crippen molar-refractivity contribution in [3.63, 3.8) is 0 Å². The van der Waals surface area contributed by atoms with Crippen molar-refractivity contribution in [2.45, 2.75) is 13.0 Å². The SMILES string of the molecule is Clc1ccc2c(ccn2CCNCC2CCOC2)c1. The molecule has 1 saturated heterocycles. The molecule has 1 aromatic heterocycles. The summed E-state index contributed by atoms with van der Waals surface area (Å²) in [5.74, 6) is 0.695. The summed E-state index contributed by atoms with van der Waals surface area (Å²) in [7, 11) is 0. The van der Waals surface area contributed by atoms with Gasteiger partial charge in [0.1, 0.15) is 0 Å². The summed E-state index contributed by atoms with van der Waals surface area (Å²) < 4.78 is 7.64. The van der Waals surface area contributed by atoms with Gasteiger partial charge in [-0.15, -0.1) is 0 Å². The summed E-state index contributed by atoms with van der Waals surface area (Å²) >= 11 is 5.99. The molecule has 0 saturated carbocycles. The van der Waals surface area contributed by atoms with Crippen molar-refractivity contribution in [1.82, 2.24) is 9.88 Å². The van der Waals surface area contributed by atoms with Crippen molar-refractivity contribution < 1.29 is 4.74 Å². The van der Waals surface area contributed by atoms with Gasteiger partial charge in [0.15, 0.2) is 0 Å². The van der Waals surface area contributed by atoms with E-state index in [1.807, 2.05) is 12.1 Å². The van der Waals surface area contributed by atoms with Crippen LogP contribution in [-0.2, 0) is 11.3 Å². The van der Waals surface area contributed by atoms with Crippen LogP contribution in [0.4, 0.5) is 0 Å². The summed E-state index contributed by atoms with van der Waals surface area (Å²) in [6.07, 6.45) is 3.32. The highest BCUT2D eigenvalue weighted by Crippen LogP contribution is 2.20. The zero-order valence-corrected chi connectivity index (χ0v) is 11.7. The molecule has 1 N–H and O–H groups in total. The number of nitrogens with one attached hydrogen (secondary N) is 1. The van der Waals surface area contributed by atoms with Crippen LogP contribution >= 0.6 is 11.6 Å². The molecule has 0 spiro atoms. The van der Waals surface area contributed by atoms with E-state index in [0.717, 1.165) is 37.9 Å². The fourth-order valence-corrected chi connectivity index (χ4v) is 2.80. The van der Waals surface area contributed by atoms with Gasteiger partial charge in [0.25, 0.3) is 0 Å². The lowest BCUT2D eigenvalue weighted by atomic mass is 10.1. The Kier molecular flexibility index (Phi) is 4.06. The molecular formula is C15H19ClN2O. The number of fused-ring (bicyclic) bond motifs is 1. The summed E-state index contributed by atoms with van der Waals surface area (Å²) in [6.45, 7) is 4.87. The first-order valence-corrected chi connectivity index (χ1v) is 7.23. The topological polar surface area (TPSA) is 26.2 Å². The molecule has 3 nitrogen and oxygen atoms in total. The maximum absolute atomic E-state index is 5.99. The Labute approximate surface area is 118 Å². The van der Waals surface area contributed by atoms with Crippen molar-refractivity contribution in [3.8, 4) is 0 Å². The smallest absolute Gasteiger partial charge is 0.0507 e. The van der Waals surface area contributed by atoms with Crippen molar-refractivity contribution in [1.29, 1.82) is 0 Å². The number of rotatable bonds is 5. The van der Waals surface area contributed by atoms with Gasteiger partial charge in [-0.25, -0.2) is 0 Å². The molecule has 1 aliphatic heterocycles. The Hall–Kier alpha value is -1.03. The van der Waals surface area contributed by atoms with Crippen LogP contribution in [0.2, 0.25) is 5.02 Å². The second-order valence-corrected chi connectivity index (χ2v) is 5.58. The van der Waals surface area contributed by atoms with E-state index in [1.165, 1.54) is 17.3 Å². The first-order valence-electron chi connectivity index (χ1n) is 6.86. The first kappa shape index (κ1) is 13.0. The third-order valence-corrected chi connectivity index (χ3v) is 3.95. The Morgan fingerprint density at radius 2 is 2.32 bits per heavy atom. The number of aromatic nitrogens is 1. The molecule has 1 fully saturated rings. The number of benzene rings is 1. The number of hydrogen-bond donors (Lipinski definition) is 1. The highest BCUT2D eigenvalue weighted by molar-refractivity contribution is 6.31. The maximum atomic E-state index is 5.99. The van der Waals surface area contributed by atoms with Gasteiger partial charge in [-0.1, -0.05) is 11.6 Å². The third-order valence-electron chi connectivity index (χ3n) is 3.72. The number of nitrogens with zero attached hydrogens (tertiary/aromatic N) is 1. The van der Waals surface area contributed by atoms with Gasteiger partial charge in [0.05, 0.1) is 6.61 Å². The number of hydrogen-bond acceptors (Lipinski definition) is 2. The molecule has 4 heteroatoms. The standard InChI is InChI=1S/C15H19ClN2O/c16-14-1-2-15-13(9-14)3-6-18(15)7-5-17-10-12-4-8-19-11-12/h1-3,6,9,12,17H,4-5,7-8,10-11H2. The lowest BCUT2D eigenvalue weighted by Crippen LogP contribution is -2.26. The zero-order valence-electron chi connectivity index (χ0n) is 10.9. The van der Waals surface area contributed by atoms with E-state index in [4.69, 9.17) is 16.3 Å². The van der Waals surface area contributed by atoms with E-state index in [2.05, 4.69) is 28.2 Å². The van der Waals surface area contributed by atoms with E-state index >= 15 is 0 Å². The van der Waals surface area contributed by atoms with Gasteiger partial charge in [-0.2, -0.15) is 0 Å². The van der Waals surface area contributed by atoms with E-state index in [0.29, 0.717) is 5.92 Å². The normalized spacial score (nSPS) is 19.3. The highest BCUT2D eigenvalue weighted by atomic mass is 35.5. The second-order valence-electron chi connectivity index (χ2n) is 5.15. The molecule has 1 aliphatic rings. The Bertz CT molecular complexity index is 546. The van der Waals surface area contributed by atoms with Crippen LogP contribution in [0.5, 0.6) is 0 Å². The predicted octanol–water partition coefficient (Wildman–Crippen LogP) is 2.92. The summed E-state index contributed by atoms with van der Waals surface area (Å²) in [5, 5.41) is 5.52. The summed E-state index contributed by atoms with van der Waals surface area (Å²) in [4.78, 5) is 0. The van der Waals surface area contributed by atoms with Crippen LogP contribution < -0.4 is 5.32 Å². The molecule has 2 heterocycles. The molecule has 19 heavy (non-hydrogen) atoms.